The van der Waals surface area contributed by atoms with Crippen molar-refractivity contribution in [2.24, 2.45) is 16.6 Å². The Bertz CT molecular complexity index is 551. The van der Waals surface area contributed by atoms with E-state index in [0.717, 1.165) is 12.1 Å². The van der Waals surface area contributed by atoms with E-state index in [4.69, 9.17) is 10.5 Å². The number of benzene rings is 1. The molecule has 1 aromatic carbocycles. The van der Waals surface area contributed by atoms with Crippen LogP contribution in [0.3, 0.4) is 0 Å². The van der Waals surface area contributed by atoms with Crippen LogP contribution >= 0.6 is 39.9 Å². The molecule has 1 saturated carbocycles. The molecule has 0 aromatic heterocycles. The second kappa shape index (κ2) is 7.13. The van der Waals surface area contributed by atoms with Gasteiger partial charge in [-0.2, -0.15) is 0 Å². The molecule has 1 fully saturated rings. The number of nitrogens with one attached hydrogen (secondary N) is 1. The first kappa shape index (κ1) is 16.8. The second-order valence-corrected chi connectivity index (χ2v) is 6.19. The zero-order chi connectivity index (χ0) is 14.1. The summed E-state index contributed by atoms with van der Waals surface area (Å²) in [5.74, 6) is 1.36. The summed E-state index contributed by atoms with van der Waals surface area (Å²) >= 11 is 3.19. The quantitative estimate of drug-likeness (QED) is 0.405. The van der Waals surface area contributed by atoms with Crippen molar-refractivity contribution < 1.29 is 9.13 Å². The van der Waals surface area contributed by atoms with E-state index in [1.54, 1.807) is 6.07 Å². The number of halogens is 3. The molecule has 1 unspecified atom stereocenters. The van der Waals surface area contributed by atoms with Gasteiger partial charge in [0.05, 0.1) is 10.5 Å². The maximum atomic E-state index is 13.4. The van der Waals surface area contributed by atoms with Crippen molar-refractivity contribution in [2.75, 3.05) is 13.2 Å². The van der Waals surface area contributed by atoms with Crippen molar-refractivity contribution in [3.05, 3.63) is 28.0 Å². The largest absolute Gasteiger partial charge is 0.491 e. The summed E-state index contributed by atoms with van der Waals surface area (Å²) in [4.78, 5) is 4.36. The molecule has 21 heavy (non-hydrogen) atoms. The summed E-state index contributed by atoms with van der Waals surface area (Å²) in [7, 11) is 0. The summed E-state index contributed by atoms with van der Waals surface area (Å²) in [6, 6.07) is 3.05. The van der Waals surface area contributed by atoms with Crippen molar-refractivity contribution in [3.63, 3.8) is 0 Å². The van der Waals surface area contributed by atoms with Gasteiger partial charge < -0.3 is 15.8 Å². The molecule has 1 aliphatic heterocycles. The lowest BCUT2D eigenvalue weighted by Crippen LogP contribution is -2.36. The summed E-state index contributed by atoms with van der Waals surface area (Å²) in [5, 5.41) is 3.14. The summed E-state index contributed by atoms with van der Waals surface area (Å²) < 4.78 is 19.3. The van der Waals surface area contributed by atoms with E-state index in [0.29, 0.717) is 28.7 Å². The van der Waals surface area contributed by atoms with Crippen LogP contribution < -0.4 is 15.8 Å². The number of fused-ring (bicyclic) bond motifs is 1. The van der Waals surface area contributed by atoms with Gasteiger partial charge >= 0.3 is 0 Å². The predicted octanol–water partition coefficient (Wildman–Crippen LogP) is 3.34. The van der Waals surface area contributed by atoms with E-state index in [1.807, 2.05) is 0 Å². The Morgan fingerprint density at radius 2 is 2.24 bits per heavy atom. The molecule has 1 aliphatic carbocycles. The van der Waals surface area contributed by atoms with E-state index >= 15 is 0 Å². The molecule has 4 nitrogen and oxygen atoms in total. The Balaban J connectivity index is 0.00000161. The number of ether oxygens (including phenoxy) is 1. The normalized spacial score (nSPS) is 21.0. The zero-order valence-corrected chi connectivity index (χ0v) is 15.4. The van der Waals surface area contributed by atoms with Gasteiger partial charge in [-0.15, -0.1) is 24.0 Å². The van der Waals surface area contributed by atoms with Gasteiger partial charge in [0, 0.05) is 18.2 Å². The van der Waals surface area contributed by atoms with E-state index in [1.165, 1.54) is 25.3 Å². The van der Waals surface area contributed by atoms with Crippen LogP contribution in [-0.2, 0) is 0 Å². The topological polar surface area (TPSA) is 59.6 Å². The molecule has 116 valence electrons. The van der Waals surface area contributed by atoms with Crippen molar-refractivity contribution >= 4 is 45.9 Å². The molecule has 1 heterocycles. The summed E-state index contributed by atoms with van der Waals surface area (Å²) in [6.07, 6.45) is 3.80. The van der Waals surface area contributed by atoms with Crippen LogP contribution in [0.25, 0.3) is 0 Å². The van der Waals surface area contributed by atoms with Gasteiger partial charge in [0.25, 0.3) is 0 Å². The number of hydrogen-bond donors (Lipinski definition) is 2. The lowest BCUT2D eigenvalue weighted by atomic mass is 9.86. The number of nitrogens with two attached hydrogens (primary N) is 1. The van der Waals surface area contributed by atoms with Crippen LogP contribution in [0, 0.1) is 11.7 Å². The minimum Gasteiger partial charge on any atom is -0.491 e. The fourth-order valence-corrected chi connectivity index (χ4v) is 2.81. The van der Waals surface area contributed by atoms with E-state index in [9.17, 15) is 4.39 Å². The molecular formula is C14H18BrFIN3O. The number of nitrogens with zero attached hydrogens (tertiary/aromatic N) is 1. The average Bonchev–Trinajstić information content (AvgIpc) is 2.71. The van der Waals surface area contributed by atoms with Crippen LogP contribution in [-0.4, -0.2) is 19.1 Å². The summed E-state index contributed by atoms with van der Waals surface area (Å²) in [6.45, 7) is 1.22. The molecule has 3 rings (SSSR count). The third-order valence-electron chi connectivity index (χ3n) is 3.90. The maximum absolute atomic E-state index is 13.4. The Morgan fingerprint density at radius 1 is 1.48 bits per heavy atom. The SMILES string of the molecule is I.NC(=NCC1CCC1)NC1COc2cc(F)c(Br)cc21. The monoisotopic (exact) mass is 469 g/mol. The summed E-state index contributed by atoms with van der Waals surface area (Å²) in [5.41, 5.74) is 6.81. The Hall–Kier alpha value is -0.570. The minimum atomic E-state index is -0.323. The lowest BCUT2D eigenvalue weighted by Gasteiger charge is -2.23. The first-order chi connectivity index (χ1) is 9.63. The average molecular weight is 470 g/mol. The molecule has 2 aliphatic rings. The minimum absolute atomic E-state index is 0. The third kappa shape index (κ3) is 3.80. The zero-order valence-electron chi connectivity index (χ0n) is 11.4. The first-order valence-electron chi connectivity index (χ1n) is 6.81. The number of aliphatic imine (C=N–C) groups is 1. The van der Waals surface area contributed by atoms with Gasteiger partial charge in [-0.3, -0.25) is 4.99 Å². The highest BCUT2D eigenvalue weighted by molar-refractivity contribution is 14.0. The smallest absolute Gasteiger partial charge is 0.189 e. The Labute approximate surface area is 148 Å². The molecule has 0 bridgehead atoms. The molecule has 0 saturated heterocycles. The standard InChI is InChI=1S/C14H17BrFN3O.HI/c15-10-4-9-12(7-20-13(9)5-11(10)16)19-14(17)18-6-8-2-1-3-8;/h4-5,8,12H,1-3,6-7H2,(H3,17,18,19);1H. The van der Waals surface area contributed by atoms with Crippen molar-refractivity contribution in [1.82, 2.24) is 5.32 Å². The number of hydrogen-bond acceptors (Lipinski definition) is 2. The number of rotatable bonds is 3. The van der Waals surface area contributed by atoms with Gasteiger partial charge in [-0.25, -0.2) is 4.39 Å². The fraction of sp³-hybridized carbons (Fsp3) is 0.500. The van der Waals surface area contributed by atoms with Crippen LogP contribution in [0.15, 0.2) is 21.6 Å². The molecular weight excluding hydrogens is 452 g/mol. The predicted molar refractivity (Wildman–Crippen MR) is 94.7 cm³/mol. The van der Waals surface area contributed by atoms with Crippen LogP contribution in [0.5, 0.6) is 5.75 Å². The highest BCUT2D eigenvalue weighted by atomic mass is 127. The lowest BCUT2D eigenvalue weighted by molar-refractivity contribution is 0.320. The second-order valence-electron chi connectivity index (χ2n) is 5.33. The molecule has 1 atom stereocenters. The number of guanidine groups is 1. The maximum Gasteiger partial charge on any atom is 0.189 e. The van der Waals surface area contributed by atoms with Gasteiger partial charge in [0.1, 0.15) is 18.2 Å². The van der Waals surface area contributed by atoms with Gasteiger partial charge in [-0.1, -0.05) is 6.42 Å². The van der Waals surface area contributed by atoms with Gasteiger partial charge in [0.2, 0.25) is 0 Å². The van der Waals surface area contributed by atoms with E-state index in [-0.39, 0.29) is 35.8 Å². The van der Waals surface area contributed by atoms with Gasteiger partial charge in [-0.05, 0) is 40.8 Å². The Morgan fingerprint density at radius 3 is 2.90 bits per heavy atom. The highest BCUT2D eigenvalue weighted by Gasteiger charge is 2.26. The first-order valence-corrected chi connectivity index (χ1v) is 7.61. The van der Waals surface area contributed by atoms with Crippen LogP contribution in [0.4, 0.5) is 4.39 Å². The fourth-order valence-electron chi connectivity index (χ4n) is 2.45. The van der Waals surface area contributed by atoms with Crippen LogP contribution in [0.1, 0.15) is 30.9 Å². The third-order valence-corrected chi connectivity index (χ3v) is 4.51. The van der Waals surface area contributed by atoms with E-state index in [2.05, 4.69) is 26.2 Å². The van der Waals surface area contributed by atoms with Crippen molar-refractivity contribution in [1.29, 1.82) is 0 Å². The van der Waals surface area contributed by atoms with Crippen molar-refractivity contribution in [2.45, 2.75) is 25.3 Å². The molecule has 3 N–H and O–H groups in total. The van der Waals surface area contributed by atoms with Crippen LogP contribution in [0.2, 0.25) is 0 Å². The van der Waals surface area contributed by atoms with Crippen molar-refractivity contribution in [3.8, 4) is 5.75 Å². The molecule has 0 spiro atoms. The molecule has 7 heteroatoms. The van der Waals surface area contributed by atoms with Gasteiger partial charge in [0.15, 0.2) is 5.96 Å². The molecule has 0 radical (unpaired) electrons. The molecule has 1 aromatic rings. The highest BCUT2D eigenvalue weighted by Crippen LogP contribution is 2.36. The van der Waals surface area contributed by atoms with E-state index < -0.39 is 0 Å². The molecule has 0 amide bonds. The Kier molecular flexibility index (Phi) is 5.70.